The lowest BCUT2D eigenvalue weighted by Crippen LogP contribution is -2.32. The highest BCUT2D eigenvalue weighted by Gasteiger charge is 2.11. The fourth-order valence-electron chi connectivity index (χ4n) is 2.56. The number of carbonyl (C=O) groups is 1. The third kappa shape index (κ3) is 2.89. The van der Waals surface area contributed by atoms with Crippen LogP contribution in [0, 0.1) is 0 Å². The number of carbonyl (C=O) groups excluding carboxylic acids is 1. The van der Waals surface area contributed by atoms with Crippen molar-refractivity contribution >= 4 is 38.5 Å². The van der Waals surface area contributed by atoms with E-state index in [0.29, 0.717) is 17.6 Å². The standard InChI is InChI=1S/C16H14N6O2S/c1-21-15-10(6-19-21)16(24)22(9-18-15)8-13(23)17-7-14-20-11-4-2-3-5-12(11)25-14/h2-6,9H,7-8H2,1H3,(H,17,23). The molecule has 0 saturated heterocycles. The van der Waals surface area contributed by atoms with Crippen LogP contribution in [0.15, 0.2) is 41.6 Å². The molecule has 0 fully saturated rings. The van der Waals surface area contributed by atoms with Crippen LogP contribution in [0.3, 0.4) is 0 Å². The highest BCUT2D eigenvalue weighted by atomic mass is 32.1. The fraction of sp³-hybridized carbons (Fsp3) is 0.188. The van der Waals surface area contributed by atoms with E-state index in [4.69, 9.17) is 0 Å². The molecule has 8 nitrogen and oxygen atoms in total. The minimum atomic E-state index is -0.284. The molecule has 0 saturated carbocycles. The quantitative estimate of drug-likeness (QED) is 0.591. The van der Waals surface area contributed by atoms with Crippen LogP contribution in [0.1, 0.15) is 5.01 Å². The molecule has 126 valence electrons. The molecule has 0 atom stereocenters. The number of rotatable bonds is 4. The zero-order chi connectivity index (χ0) is 17.4. The van der Waals surface area contributed by atoms with E-state index >= 15 is 0 Å². The minimum Gasteiger partial charge on any atom is -0.348 e. The fourth-order valence-corrected chi connectivity index (χ4v) is 3.47. The number of nitrogens with one attached hydrogen (secondary N) is 1. The molecule has 0 aliphatic heterocycles. The molecule has 9 heteroatoms. The van der Waals surface area contributed by atoms with Crippen molar-refractivity contribution in [1.82, 2.24) is 29.6 Å². The van der Waals surface area contributed by atoms with Gasteiger partial charge in [-0.15, -0.1) is 11.3 Å². The molecular weight excluding hydrogens is 340 g/mol. The predicted molar refractivity (Wildman–Crippen MR) is 94.2 cm³/mol. The minimum absolute atomic E-state index is 0.0957. The summed E-state index contributed by atoms with van der Waals surface area (Å²) in [5.41, 5.74) is 1.13. The van der Waals surface area contributed by atoms with Crippen LogP contribution in [-0.4, -0.2) is 30.2 Å². The van der Waals surface area contributed by atoms with Gasteiger partial charge in [0.1, 0.15) is 23.3 Å². The molecule has 4 rings (SSSR count). The van der Waals surface area contributed by atoms with Gasteiger partial charge in [-0.3, -0.25) is 18.8 Å². The van der Waals surface area contributed by atoms with Crippen LogP contribution in [0.5, 0.6) is 0 Å². The molecule has 0 aliphatic rings. The summed E-state index contributed by atoms with van der Waals surface area (Å²) in [6.07, 6.45) is 2.82. The van der Waals surface area contributed by atoms with Crippen LogP contribution >= 0.6 is 11.3 Å². The van der Waals surface area contributed by atoms with Crippen molar-refractivity contribution in [2.24, 2.45) is 7.05 Å². The van der Waals surface area contributed by atoms with E-state index in [-0.39, 0.29) is 18.0 Å². The number of thiazole rings is 1. The number of hydrogen-bond acceptors (Lipinski definition) is 6. The van der Waals surface area contributed by atoms with Crippen molar-refractivity contribution in [3.63, 3.8) is 0 Å². The smallest absolute Gasteiger partial charge is 0.264 e. The Morgan fingerprint density at radius 2 is 2.16 bits per heavy atom. The molecule has 4 aromatic rings. The van der Waals surface area contributed by atoms with E-state index in [2.05, 4.69) is 20.4 Å². The van der Waals surface area contributed by atoms with Crippen LogP contribution in [0.25, 0.3) is 21.3 Å². The number of amides is 1. The zero-order valence-corrected chi connectivity index (χ0v) is 14.2. The predicted octanol–water partition coefficient (Wildman–Crippen LogP) is 1.06. The Balaban J connectivity index is 1.47. The summed E-state index contributed by atoms with van der Waals surface area (Å²) in [6.45, 7) is 0.233. The molecule has 3 aromatic heterocycles. The number of aryl methyl sites for hydroxylation is 1. The van der Waals surface area contributed by atoms with Crippen LogP contribution in [-0.2, 0) is 24.9 Å². The highest BCUT2D eigenvalue weighted by Crippen LogP contribution is 2.21. The molecule has 0 bridgehead atoms. The summed E-state index contributed by atoms with van der Waals surface area (Å²) in [5.74, 6) is -0.272. The first-order valence-corrected chi connectivity index (χ1v) is 8.42. The first-order valence-electron chi connectivity index (χ1n) is 7.60. The molecule has 1 N–H and O–H groups in total. The van der Waals surface area contributed by atoms with Gasteiger partial charge in [-0.05, 0) is 12.1 Å². The van der Waals surface area contributed by atoms with Gasteiger partial charge in [0.2, 0.25) is 5.91 Å². The summed E-state index contributed by atoms with van der Waals surface area (Å²) in [7, 11) is 1.71. The SMILES string of the molecule is Cn1ncc2c(=O)n(CC(=O)NCc3nc4ccccc4s3)cnc21. The summed E-state index contributed by atoms with van der Waals surface area (Å²) in [5, 5.41) is 8.01. The monoisotopic (exact) mass is 354 g/mol. The second-order valence-corrected chi connectivity index (χ2v) is 6.65. The lowest BCUT2D eigenvalue weighted by molar-refractivity contribution is -0.121. The van der Waals surface area contributed by atoms with Gasteiger partial charge in [0.05, 0.1) is 23.0 Å². The summed E-state index contributed by atoms with van der Waals surface area (Å²) < 4.78 is 3.88. The van der Waals surface area contributed by atoms with Gasteiger partial charge in [0.15, 0.2) is 5.65 Å². The van der Waals surface area contributed by atoms with Crippen LogP contribution < -0.4 is 10.9 Å². The molecule has 25 heavy (non-hydrogen) atoms. The van der Waals surface area contributed by atoms with E-state index in [9.17, 15) is 9.59 Å². The van der Waals surface area contributed by atoms with Crippen LogP contribution in [0.4, 0.5) is 0 Å². The molecule has 0 spiro atoms. The van der Waals surface area contributed by atoms with Crippen molar-refractivity contribution in [3.05, 3.63) is 52.2 Å². The Labute approximate surface area is 145 Å². The van der Waals surface area contributed by atoms with Gasteiger partial charge < -0.3 is 5.32 Å². The third-order valence-corrected chi connectivity index (χ3v) is 4.84. The largest absolute Gasteiger partial charge is 0.348 e. The molecule has 0 unspecified atom stereocenters. The number of fused-ring (bicyclic) bond motifs is 2. The van der Waals surface area contributed by atoms with Gasteiger partial charge in [0.25, 0.3) is 5.56 Å². The topological polar surface area (TPSA) is 94.7 Å². The maximum Gasteiger partial charge on any atom is 0.264 e. The Kier molecular flexibility index (Phi) is 3.77. The lowest BCUT2D eigenvalue weighted by atomic mass is 10.3. The van der Waals surface area contributed by atoms with E-state index in [1.165, 1.54) is 33.1 Å². The Morgan fingerprint density at radius 1 is 1.32 bits per heavy atom. The van der Waals surface area contributed by atoms with Gasteiger partial charge in [-0.1, -0.05) is 12.1 Å². The third-order valence-electron chi connectivity index (χ3n) is 3.81. The van der Waals surface area contributed by atoms with Gasteiger partial charge >= 0.3 is 0 Å². The van der Waals surface area contributed by atoms with E-state index < -0.39 is 0 Å². The average Bonchev–Trinajstić information content (AvgIpc) is 3.19. The van der Waals surface area contributed by atoms with E-state index in [0.717, 1.165) is 15.2 Å². The Hall–Kier alpha value is -3.07. The molecule has 1 amide bonds. The summed E-state index contributed by atoms with van der Waals surface area (Å²) >= 11 is 1.54. The van der Waals surface area contributed by atoms with E-state index in [1.807, 2.05) is 24.3 Å². The lowest BCUT2D eigenvalue weighted by Gasteiger charge is -2.06. The number of para-hydroxylation sites is 1. The average molecular weight is 354 g/mol. The highest BCUT2D eigenvalue weighted by molar-refractivity contribution is 7.18. The number of hydrogen-bond donors (Lipinski definition) is 1. The molecular formula is C16H14N6O2S. The van der Waals surface area contributed by atoms with Crippen molar-refractivity contribution in [1.29, 1.82) is 0 Å². The van der Waals surface area contributed by atoms with Gasteiger partial charge in [-0.2, -0.15) is 5.10 Å². The van der Waals surface area contributed by atoms with Crippen molar-refractivity contribution < 1.29 is 4.79 Å². The Bertz CT molecular complexity index is 1110. The zero-order valence-electron chi connectivity index (χ0n) is 13.3. The summed E-state index contributed by atoms with van der Waals surface area (Å²) in [6, 6.07) is 7.81. The Morgan fingerprint density at radius 3 is 3.00 bits per heavy atom. The first-order chi connectivity index (χ1) is 12.1. The van der Waals surface area contributed by atoms with Crippen molar-refractivity contribution in [3.8, 4) is 0 Å². The number of benzene rings is 1. The second-order valence-electron chi connectivity index (χ2n) is 5.54. The number of aromatic nitrogens is 5. The number of nitrogens with zero attached hydrogens (tertiary/aromatic N) is 5. The first kappa shape index (κ1) is 15.5. The molecule has 1 aromatic carbocycles. The molecule has 3 heterocycles. The maximum atomic E-state index is 12.3. The molecule has 0 aliphatic carbocycles. The van der Waals surface area contributed by atoms with E-state index in [1.54, 1.807) is 7.05 Å². The van der Waals surface area contributed by atoms with Crippen molar-refractivity contribution in [2.45, 2.75) is 13.1 Å². The second kappa shape index (κ2) is 6.10. The van der Waals surface area contributed by atoms with Crippen molar-refractivity contribution in [2.75, 3.05) is 0 Å². The normalized spacial score (nSPS) is 11.2. The maximum absolute atomic E-state index is 12.3. The van der Waals surface area contributed by atoms with Crippen LogP contribution in [0.2, 0.25) is 0 Å². The van der Waals surface area contributed by atoms with Gasteiger partial charge in [-0.25, -0.2) is 9.97 Å². The summed E-state index contributed by atoms with van der Waals surface area (Å²) in [4.78, 5) is 33.1. The molecule has 0 radical (unpaired) electrons. The van der Waals surface area contributed by atoms with Gasteiger partial charge in [0, 0.05) is 7.05 Å².